The van der Waals surface area contributed by atoms with Crippen molar-refractivity contribution in [3.05, 3.63) is 28.8 Å². The van der Waals surface area contributed by atoms with Gasteiger partial charge in [0.05, 0.1) is 16.6 Å². The van der Waals surface area contributed by atoms with Crippen molar-refractivity contribution in [2.24, 2.45) is 0 Å². The Bertz CT molecular complexity index is 832. The van der Waals surface area contributed by atoms with E-state index in [1.165, 1.54) is 0 Å². The Labute approximate surface area is 179 Å². The van der Waals surface area contributed by atoms with E-state index in [0.717, 1.165) is 58.4 Å². The molecule has 8 heteroatoms. The fourth-order valence-electron chi connectivity index (χ4n) is 4.89. The van der Waals surface area contributed by atoms with Crippen molar-refractivity contribution in [1.29, 1.82) is 0 Å². The van der Waals surface area contributed by atoms with Crippen LogP contribution in [0.4, 0.5) is 0 Å². The molecule has 0 bridgehead atoms. The van der Waals surface area contributed by atoms with Crippen molar-refractivity contribution in [3.63, 3.8) is 0 Å². The molecule has 0 radical (unpaired) electrons. The average molecular weight is 442 g/mol. The number of rotatable bonds is 4. The lowest BCUT2D eigenvalue weighted by Gasteiger charge is -2.39. The van der Waals surface area contributed by atoms with Gasteiger partial charge in [0, 0.05) is 50.8 Å². The highest BCUT2D eigenvalue weighted by Crippen LogP contribution is 2.40. The van der Waals surface area contributed by atoms with Gasteiger partial charge in [0.25, 0.3) is 0 Å². The molecule has 6 nitrogen and oxygen atoms in total. The Morgan fingerprint density at radius 1 is 1.10 bits per heavy atom. The van der Waals surface area contributed by atoms with E-state index >= 15 is 0 Å². The second kappa shape index (κ2) is 8.44. The molecule has 1 aromatic carbocycles. The van der Waals surface area contributed by atoms with Gasteiger partial charge in [0.15, 0.2) is 0 Å². The maximum atomic E-state index is 13.1. The molecule has 1 atom stereocenters. The predicted molar refractivity (Wildman–Crippen MR) is 115 cm³/mol. The van der Waals surface area contributed by atoms with Crippen LogP contribution >= 0.6 is 11.6 Å². The zero-order valence-electron chi connectivity index (χ0n) is 17.4. The Hall–Kier alpha value is -0.700. The maximum absolute atomic E-state index is 13.1. The number of piperidine rings is 1. The third-order valence-corrected chi connectivity index (χ3v) is 9.08. The first-order valence-electron chi connectivity index (χ1n) is 10.6. The fraction of sp³-hybridized carbons (Fsp3) is 0.714. The molecule has 3 heterocycles. The summed E-state index contributed by atoms with van der Waals surface area (Å²) in [5, 5.41) is 0.560. The fourth-order valence-corrected chi connectivity index (χ4v) is 6.76. The number of aryl methyl sites for hydroxylation is 1. The Kier molecular flexibility index (Phi) is 6.27. The van der Waals surface area contributed by atoms with Gasteiger partial charge in [-0.05, 0) is 63.4 Å². The van der Waals surface area contributed by atoms with Gasteiger partial charge in [-0.3, -0.25) is 4.90 Å². The van der Waals surface area contributed by atoms with E-state index in [1.54, 1.807) is 29.4 Å². The smallest absolute Gasteiger partial charge is 0.243 e. The number of halogens is 1. The summed E-state index contributed by atoms with van der Waals surface area (Å²) in [4.78, 5) is 5.23. The van der Waals surface area contributed by atoms with Gasteiger partial charge in [-0.15, -0.1) is 0 Å². The second-order valence-corrected chi connectivity index (χ2v) is 11.2. The summed E-state index contributed by atoms with van der Waals surface area (Å²) in [5.74, 6) is 0. The summed E-state index contributed by atoms with van der Waals surface area (Å²) in [6.07, 6.45) is 3.95. The van der Waals surface area contributed by atoms with Crippen LogP contribution < -0.4 is 0 Å². The van der Waals surface area contributed by atoms with E-state index in [-0.39, 0.29) is 11.7 Å². The van der Waals surface area contributed by atoms with Gasteiger partial charge < -0.3 is 9.64 Å². The molecule has 1 spiro atoms. The molecule has 1 unspecified atom stereocenters. The van der Waals surface area contributed by atoms with E-state index < -0.39 is 10.0 Å². The van der Waals surface area contributed by atoms with Crippen molar-refractivity contribution in [2.45, 2.75) is 49.2 Å². The number of hydrogen-bond acceptors (Lipinski definition) is 5. The lowest BCUT2D eigenvalue weighted by Crippen LogP contribution is -2.49. The van der Waals surface area contributed by atoms with Crippen molar-refractivity contribution < 1.29 is 13.2 Å². The van der Waals surface area contributed by atoms with E-state index in [4.69, 9.17) is 16.3 Å². The van der Waals surface area contributed by atoms with Gasteiger partial charge >= 0.3 is 0 Å². The van der Waals surface area contributed by atoms with Crippen LogP contribution in [0.1, 0.15) is 31.2 Å². The Morgan fingerprint density at radius 3 is 2.45 bits per heavy atom. The van der Waals surface area contributed by atoms with E-state index in [9.17, 15) is 8.42 Å². The number of ether oxygens (including phenoxy) is 1. The monoisotopic (exact) mass is 441 g/mol. The van der Waals surface area contributed by atoms with Crippen molar-refractivity contribution in [1.82, 2.24) is 14.1 Å². The van der Waals surface area contributed by atoms with Crippen molar-refractivity contribution in [2.75, 3.05) is 52.9 Å². The quantitative estimate of drug-likeness (QED) is 0.718. The number of piperazine rings is 1. The van der Waals surface area contributed by atoms with E-state index in [0.29, 0.717) is 28.6 Å². The molecule has 0 amide bonds. The standard InChI is InChI=1S/C21H32ClN3O3S/c1-17-15-18(22)3-4-20(17)29(26,27)25-9-7-21(8-10-25)6-5-19(28-21)16-24-13-11-23(2)12-14-24/h3-4,15,19H,5-14,16H2,1-2H3. The molecule has 3 saturated heterocycles. The summed E-state index contributed by atoms with van der Waals surface area (Å²) in [5.41, 5.74) is 0.556. The molecule has 0 aliphatic carbocycles. The summed E-state index contributed by atoms with van der Waals surface area (Å²) in [6.45, 7) is 8.29. The highest BCUT2D eigenvalue weighted by Gasteiger charge is 2.45. The first kappa shape index (κ1) is 21.5. The van der Waals surface area contributed by atoms with Gasteiger partial charge in [-0.1, -0.05) is 11.6 Å². The largest absolute Gasteiger partial charge is 0.370 e. The number of benzene rings is 1. The molecule has 29 heavy (non-hydrogen) atoms. The normalized spacial score (nSPS) is 26.9. The highest BCUT2D eigenvalue weighted by molar-refractivity contribution is 7.89. The van der Waals surface area contributed by atoms with Crippen LogP contribution in [-0.2, 0) is 14.8 Å². The zero-order valence-corrected chi connectivity index (χ0v) is 19.0. The van der Waals surface area contributed by atoms with Crippen molar-refractivity contribution in [3.8, 4) is 0 Å². The van der Waals surface area contributed by atoms with Crippen LogP contribution in [0.5, 0.6) is 0 Å². The van der Waals surface area contributed by atoms with E-state index in [1.807, 2.05) is 0 Å². The molecule has 1 aromatic rings. The first-order valence-corrected chi connectivity index (χ1v) is 12.4. The van der Waals surface area contributed by atoms with Gasteiger partial charge in [0.1, 0.15) is 0 Å². The Morgan fingerprint density at radius 2 is 1.79 bits per heavy atom. The minimum absolute atomic E-state index is 0.141. The molecule has 4 rings (SSSR count). The number of sulfonamides is 1. The minimum Gasteiger partial charge on any atom is -0.370 e. The number of likely N-dealkylation sites (N-methyl/N-ethyl adjacent to an activating group) is 1. The SMILES string of the molecule is Cc1cc(Cl)ccc1S(=O)(=O)N1CCC2(CCC(CN3CCN(C)CC3)O2)CC1. The maximum Gasteiger partial charge on any atom is 0.243 e. The summed E-state index contributed by atoms with van der Waals surface area (Å²) >= 11 is 5.99. The third-order valence-electron chi connectivity index (χ3n) is 6.78. The van der Waals surface area contributed by atoms with Gasteiger partial charge in [-0.2, -0.15) is 4.31 Å². The van der Waals surface area contributed by atoms with Crippen molar-refractivity contribution >= 4 is 21.6 Å². The van der Waals surface area contributed by atoms with Crippen LogP contribution in [0, 0.1) is 6.92 Å². The van der Waals surface area contributed by atoms with Crippen LogP contribution in [-0.4, -0.2) is 87.1 Å². The average Bonchev–Trinajstić information content (AvgIpc) is 3.05. The molecular formula is C21H32ClN3O3S. The molecule has 0 aromatic heterocycles. The van der Waals surface area contributed by atoms with Gasteiger partial charge in [-0.25, -0.2) is 8.42 Å². The van der Waals surface area contributed by atoms with Crippen LogP contribution in [0.3, 0.4) is 0 Å². The lowest BCUT2D eigenvalue weighted by molar-refractivity contribution is -0.0777. The van der Waals surface area contributed by atoms with Crippen LogP contribution in [0.25, 0.3) is 0 Å². The zero-order chi connectivity index (χ0) is 20.6. The second-order valence-electron chi connectivity index (χ2n) is 8.88. The predicted octanol–water partition coefficient (Wildman–Crippen LogP) is 2.60. The lowest BCUT2D eigenvalue weighted by atomic mass is 9.89. The topological polar surface area (TPSA) is 53.1 Å². The minimum atomic E-state index is -3.49. The number of nitrogens with zero attached hydrogens (tertiary/aromatic N) is 3. The molecular weight excluding hydrogens is 410 g/mol. The number of hydrogen-bond donors (Lipinski definition) is 0. The molecule has 0 saturated carbocycles. The van der Waals surface area contributed by atoms with E-state index in [2.05, 4.69) is 16.8 Å². The van der Waals surface area contributed by atoms with Crippen LogP contribution in [0.15, 0.2) is 23.1 Å². The Balaban J connectivity index is 1.34. The highest BCUT2D eigenvalue weighted by atomic mass is 35.5. The summed E-state index contributed by atoms with van der Waals surface area (Å²) in [6, 6.07) is 4.98. The first-order chi connectivity index (χ1) is 13.8. The molecule has 3 aliphatic rings. The summed E-state index contributed by atoms with van der Waals surface area (Å²) < 4.78 is 34.4. The third kappa shape index (κ3) is 4.65. The van der Waals surface area contributed by atoms with Gasteiger partial charge in [0.2, 0.25) is 10.0 Å². The summed E-state index contributed by atoms with van der Waals surface area (Å²) in [7, 11) is -1.32. The molecule has 162 valence electrons. The molecule has 3 aliphatic heterocycles. The molecule has 3 fully saturated rings. The molecule has 0 N–H and O–H groups in total. The van der Waals surface area contributed by atoms with Crippen LogP contribution in [0.2, 0.25) is 5.02 Å².